The van der Waals surface area contributed by atoms with Crippen LogP contribution in [-0.2, 0) is 10.0 Å². The van der Waals surface area contributed by atoms with Gasteiger partial charge in [-0.1, -0.05) is 6.07 Å². The molecular formula is C14H14F2N2O3S2. The number of halogens is 2. The van der Waals surface area contributed by atoms with Gasteiger partial charge in [0.1, 0.15) is 0 Å². The van der Waals surface area contributed by atoms with Gasteiger partial charge in [0.05, 0.1) is 23.4 Å². The van der Waals surface area contributed by atoms with Crippen LogP contribution in [0.4, 0.5) is 14.5 Å². The molecule has 1 aromatic carbocycles. The molecule has 0 aliphatic rings. The van der Waals surface area contributed by atoms with E-state index in [1.54, 1.807) is 17.5 Å². The minimum atomic E-state index is -3.70. The van der Waals surface area contributed by atoms with E-state index < -0.39 is 21.7 Å². The van der Waals surface area contributed by atoms with Gasteiger partial charge in [-0.3, -0.25) is 9.10 Å². The number of hydrogen-bond acceptors (Lipinski definition) is 4. The van der Waals surface area contributed by atoms with Crippen LogP contribution >= 0.6 is 11.3 Å². The molecule has 1 heterocycles. The molecule has 124 valence electrons. The van der Waals surface area contributed by atoms with Crippen molar-refractivity contribution in [1.82, 2.24) is 5.32 Å². The fourth-order valence-electron chi connectivity index (χ4n) is 1.89. The van der Waals surface area contributed by atoms with Crippen molar-refractivity contribution in [2.45, 2.75) is 0 Å². The minimum absolute atomic E-state index is 0.00299. The normalized spacial score (nSPS) is 11.3. The van der Waals surface area contributed by atoms with Crippen LogP contribution in [0.15, 0.2) is 35.7 Å². The highest BCUT2D eigenvalue weighted by atomic mass is 32.2. The van der Waals surface area contributed by atoms with Gasteiger partial charge < -0.3 is 5.32 Å². The van der Waals surface area contributed by atoms with Gasteiger partial charge in [-0.15, -0.1) is 11.3 Å². The van der Waals surface area contributed by atoms with Crippen LogP contribution in [-0.4, -0.2) is 33.7 Å². The summed E-state index contributed by atoms with van der Waals surface area (Å²) >= 11 is 1.26. The van der Waals surface area contributed by atoms with Crippen molar-refractivity contribution < 1.29 is 22.0 Å². The predicted molar refractivity (Wildman–Crippen MR) is 85.2 cm³/mol. The fourth-order valence-corrected chi connectivity index (χ4v) is 3.45. The van der Waals surface area contributed by atoms with Gasteiger partial charge >= 0.3 is 0 Å². The Morgan fingerprint density at radius 1 is 1.26 bits per heavy atom. The molecule has 2 aromatic rings. The number of anilines is 1. The van der Waals surface area contributed by atoms with Crippen LogP contribution in [0.2, 0.25) is 0 Å². The molecule has 0 fully saturated rings. The van der Waals surface area contributed by atoms with E-state index in [9.17, 15) is 22.0 Å². The summed E-state index contributed by atoms with van der Waals surface area (Å²) < 4.78 is 50.8. The summed E-state index contributed by atoms with van der Waals surface area (Å²) in [6.45, 7) is -0.0657. The zero-order chi connectivity index (χ0) is 17.0. The van der Waals surface area contributed by atoms with E-state index in [-0.39, 0.29) is 24.7 Å². The summed E-state index contributed by atoms with van der Waals surface area (Å²) in [7, 11) is -3.70. The Morgan fingerprint density at radius 3 is 2.57 bits per heavy atom. The Labute approximate surface area is 136 Å². The van der Waals surface area contributed by atoms with Gasteiger partial charge in [-0.25, -0.2) is 17.2 Å². The van der Waals surface area contributed by atoms with E-state index in [0.29, 0.717) is 4.88 Å². The van der Waals surface area contributed by atoms with Crippen molar-refractivity contribution >= 4 is 33.0 Å². The lowest BCUT2D eigenvalue weighted by molar-refractivity contribution is 0.0959. The molecule has 0 saturated carbocycles. The SMILES string of the molecule is CS(=O)(=O)N(CCNC(=O)c1cccs1)c1ccc(F)c(F)c1. The highest BCUT2D eigenvalue weighted by molar-refractivity contribution is 7.92. The third-order valence-corrected chi connectivity index (χ3v) is 5.00. The van der Waals surface area contributed by atoms with Crippen molar-refractivity contribution in [1.29, 1.82) is 0 Å². The van der Waals surface area contributed by atoms with Gasteiger partial charge in [0.2, 0.25) is 10.0 Å². The van der Waals surface area contributed by atoms with Crippen molar-refractivity contribution in [3.8, 4) is 0 Å². The Bertz CT molecular complexity index is 792. The largest absolute Gasteiger partial charge is 0.350 e. The first-order valence-electron chi connectivity index (χ1n) is 6.53. The highest BCUT2D eigenvalue weighted by Crippen LogP contribution is 2.20. The molecule has 0 saturated heterocycles. The number of amides is 1. The topological polar surface area (TPSA) is 66.5 Å². The molecule has 23 heavy (non-hydrogen) atoms. The molecule has 1 N–H and O–H groups in total. The number of nitrogens with zero attached hydrogens (tertiary/aromatic N) is 1. The average molecular weight is 360 g/mol. The van der Waals surface area contributed by atoms with E-state index >= 15 is 0 Å². The minimum Gasteiger partial charge on any atom is -0.350 e. The van der Waals surface area contributed by atoms with E-state index in [4.69, 9.17) is 0 Å². The number of nitrogens with one attached hydrogen (secondary N) is 1. The summed E-state index contributed by atoms with van der Waals surface area (Å²) in [5, 5.41) is 4.33. The molecule has 0 atom stereocenters. The van der Waals surface area contributed by atoms with E-state index in [1.165, 1.54) is 17.4 Å². The zero-order valence-corrected chi connectivity index (χ0v) is 13.8. The molecular weight excluding hydrogens is 346 g/mol. The van der Waals surface area contributed by atoms with Gasteiger partial charge in [-0.05, 0) is 23.6 Å². The Balaban J connectivity index is 2.08. The summed E-state index contributed by atoms with van der Waals surface area (Å²) in [6, 6.07) is 6.19. The lowest BCUT2D eigenvalue weighted by atomic mass is 10.3. The maximum Gasteiger partial charge on any atom is 0.261 e. The van der Waals surface area contributed by atoms with Crippen LogP contribution in [0.5, 0.6) is 0 Å². The first-order chi connectivity index (χ1) is 10.8. The average Bonchev–Trinajstić information content (AvgIpc) is 2.99. The Morgan fingerprint density at radius 2 is 2.00 bits per heavy atom. The van der Waals surface area contributed by atoms with Gasteiger partial charge in [0.25, 0.3) is 5.91 Å². The van der Waals surface area contributed by atoms with Crippen LogP contribution < -0.4 is 9.62 Å². The molecule has 0 bridgehead atoms. The number of thiophene rings is 1. The molecule has 0 radical (unpaired) electrons. The van der Waals surface area contributed by atoms with E-state index in [1.807, 2.05) is 0 Å². The lowest BCUT2D eigenvalue weighted by Gasteiger charge is -2.22. The first-order valence-corrected chi connectivity index (χ1v) is 9.26. The molecule has 9 heteroatoms. The molecule has 5 nitrogen and oxygen atoms in total. The Kier molecular flexibility index (Phi) is 5.32. The van der Waals surface area contributed by atoms with Crippen molar-refractivity contribution in [3.63, 3.8) is 0 Å². The molecule has 0 unspecified atom stereocenters. The molecule has 0 spiro atoms. The monoisotopic (exact) mass is 360 g/mol. The molecule has 1 aromatic heterocycles. The highest BCUT2D eigenvalue weighted by Gasteiger charge is 2.19. The van der Waals surface area contributed by atoms with Crippen LogP contribution in [0.1, 0.15) is 9.67 Å². The maximum atomic E-state index is 13.3. The van der Waals surface area contributed by atoms with Crippen LogP contribution in [0.3, 0.4) is 0 Å². The van der Waals surface area contributed by atoms with Crippen LogP contribution in [0.25, 0.3) is 0 Å². The number of benzene rings is 1. The molecule has 1 amide bonds. The predicted octanol–water partition coefficient (Wildman–Crippen LogP) is 2.22. The molecule has 0 aliphatic heterocycles. The van der Waals surface area contributed by atoms with Crippen molar-refractivity contribution in [2.24, 2.45) is 0 Å². The zero-order valence-electron chi connectivity index (χ0n) is 12.1. The van der Waals surface area contributed by atoms with Gasteiger partial charge in [0.15, 0.2) is 11.6 Å². The number of sulfonamides is 1. The van der Waals surface area contributed by atoms with Crippen molar-refractivity contribution in [3.05, 3.63) is 52.2 Å². The second kappa shape index (κ2) is 7.05. The fraction of sp³-hybridized carbons (Fsp3) is 0.214. The summed E-state index contributed by atoms with van der Waals surface area (Å²) in [5.41, 5.74) is -0.00299. The second-order valence-electron chi connectivity index (χ2n) is 4.67. The quantitative estimate of drug-likeness (QED) is 0.859. The standard InChI is InChI=1S/C14H14F2N2O3S2/c1-23(20,21)18(10-4-5-11(15)12(16)9-10)7-6-17-14(19)13-3-2-8-22-13/h2-5,8-9H,6-7H2,1H3,(H,17,19). The maximum absolute atomic E-state index is 13.3. The summed E-state index contributed by atoms with van der Waals surface area (Å²) in [4.78, 5) is 12.3. The molecule has 2 rings (SSSR count). The number of hydrogen-bond donors (Lipinski definition) is 1. The van der Waals surface area contributed by atoms with Crippen molar-refractivity contribution in [2.75, 3.05) is 23.7 Å². The first kappa shape index (κ1) is 17.4. The smallest absolute Gasteiger partial charge is 0.261 e. The third-order valence-electron chi connectivity index (χ3n) is 2.94. The number of carbonyl (C=O) groups excluding carboxylic acids is 1. The van der Waals surface area contributed by atoms with Gasteiger partial charge in [-0.2, -0.15) is 0 Å². The van der Waals surface area contributed by atoms with Gasteiger partial charge in [0, 0.05) is 12.6 Å². The number of carbonyl (C=O) groups is 1. The summed E-state index contributed by atoms with van der Waals surface area (Å²) in [6.07, 6.45) is 0.954. The lowest BCUT2D eigenvalue weighted by Crippen LogP contribution is -2.38. The van der Waals surface area contributed by atoms with E-state index in [0.717, 1.165) is 22.7 Å². The second-order valence-corrected chi connectivity index (χ2v) is 7.52. The van der Waals surface area contributed by atoms with E-state index in [2.05, 4.69) is 5.32 Å². The summed E-state index contributed by atoms with van der Waals surface area (Å²) in [5.74, 6) is -2.52. The number of rotatable bonds is 6. The van der Waals surface area contributed by atoms with Crippen LogP contribution in [0, 0.1) is 11.6 Å². The third kappa shape index (κ3) is 4.49. The Hall–Kier alpha value is -2.00. The molecule has 0 aliphatic carbocycles.